The number of methoxy groups -OCH3 is 1. The van der Waals surface area contributed by atoms with Crippen LogP contribution in [0.4, 0.5) is 11.4 Å². The summed E-state index contributed by atoms with van der Waals surface area (Å²) in [5.74, 6) is 0.321. The Morgan fingerprint density at radius 3 is 2.23 bits per heavy atom. The lowest BCUT2D eigenvalue weighted by Gasteiger charge is -2.23. The molecular formula is C22H24N4O4. The van der Waals surface area contributed by atoms with Crippen LogP contribution in [0.15, 0.2) is 46.0 Å². The molecule has 1 aliphatic rings. The van der Waals surface area contributed by atoms with E-state index in [-0.39, 0.29) is 5.91 Å². The van der Waals surface area contributed by atoms with Crippen LogP contribution >= 0.6 is 0 Å². The molecule has 1 aromatic heterocycles. The van der Waals surface area contributed by atoms with Crippen LogP contribution in [0.1, 0.15) is 23.2 Å². The molecule has 1 fully saturated rings. The third-order valence-corrected chi connectivity index (χ3v) is 5.63. The van der Waals surface area contributed by atoms with E-state index in [0.29, 0.717) is 28.0 Å². The predicted octanol–water partition coefficient (Wildman–Crippen LogP) is 2.10. The number of hydrogen-bond acceptors (Lipinski definition) is 5. The molecule has 2 heterocycles. The summed E-state index contributed by atoms with van der Waals surface area (Å²) in [6.45, 7) is 1.74. The summed E-state index contributed by atoms with van der Waals surface area (Å²) < 4.78 is 7.90. The summed E-state index contributed by atoms with van der Waals surface area (Å²) in [6, 6.07) is 10.6. The number of nitrogens with one attached hydrogen (secondary N) is 1. The number of aromatic nitrogens is 2. The fourth-order valence-corrected chi connectivity index (χ4v) is 3.89. The van der Waals surface area contributed by atoms with E-state index in [1.165, 1.54) is 9.13 Å². The molecule has 2 aromatic carbocycles. The molecule has 0 aliphatic carbocycles. The van der Waals surface area contributed by atoms with Gasteiger partial charge in [0.05, 0.1) is 29.5 Å². The molecule has 4 rings (SSSR count). The first kappa shape index (κ1) is 19.8. The Morgan fingerprint density at radius 2 is 1.60 bits per heavy atom. The number of hydrogen-bond donors (Lipinski definition) is 1. The maximum atomic E-state index is 12.9. The third-order valence-electron chi connectivity index (χ3n) is 5.63. The Morgan fingerprint density at radius 1 is 0.967 bits per heavy atom. The summed E-state index contributed by atoms with van der Waals surface area (Å²) in [5.41, 5.74) is 1.94. The zero-order valence-electron chi connectivity index (χ0n) is 17.3. The van der Waals surface area contributed by atoms with Gasteiger partial charge in [-0.05, 0) is 43.2 Å². The molecule has 0 saturated carbocycles. The zero-order chi connectivity index (χ0) is 21.4. The van der Waals surface area contributed by atoms with Crippen molar-refractivity contribution in [2.45, 2.75) is 12.8 Å². The standard InChI is InChI=1S/C22H24N4O4/c1-24-18-12-16(23-20(27)14-7-6-8-15(11-14)30-3)17(26-9-4-5-10-26)13-19(18)25(2)22(29)21(24)28/h6-8,11-13H,4-5,9-10H2,1-3H3,(H,23,27). The molecule has 0 spiro atoms. The van der Waals surface area contributed by atoms with Crippen molar-refractivity contribution >= 4 is 28.3 Å². The maximum absolute atomic E-state index is 12.9. The first-order chi connectivity index (χ1) is 14.4. The number of carbonyl (C=O) groups excluding carboxylic acids is 1. The highest BCUT2D eigenvalue weighted by Gasteiger charge is 2.21. The minimum absolute atomic E-state index is 0.275. The van der Waals surface area contributed by atoms with E-state index in [4.69, 9.17) is 4.74 Å². The van der Waals surface area contributed by atoms with Crippen LogP contribution in [0, 0.1) is 0 Å². The van der Waals surface area contributed by atoms with Gasteiger partial charge >= 0.3 is 11.1 Å². The molecule has 156 valence electrons. The molecule has 1 saturated heterocycles. The van der Waals surface area contributed by atoms with Gasteiger partial charge in [0.2, 0.25) is 0 Å². The molecule has 3 aromatic rings. The molecule has 0 bridgehead atoms. The smallest absolute Gasteiger partial charge is 0.316 e. The van der Waals surface area contributed by atoms with Gasteiger partial charge < -0.3 is 24.1 Å². The van der Waals surface area contributed by atoms with Gasteiger partial charge in [-0.2, -0.15) is 0 Å². The molecule has 8 heteroatoms. The zero-order valence-corrected chi connectivity index (χ0v) is 17.3. The van der Waals surface area contributed by atoms with Crippen molar-refractivity contribution in [3.8, 4) is 5.75 Å². The molecule has 0 radical (unpaired) electrons. The highest BCUT2D eigenvalue weighted by Crippen LogP contribution is 2.33. The molecule has 8 nitrogen and oxygen atoms in total. The maximum Gasteiger partial charge on any atom is 0.316 e. The minimum Gasteiger partial charge on any atom is -0.497 e. The van der Waals surface area contributed by atoms with Crippen LogP contribution in [0.25, 0.3) is 11.0 Å². The van der Waals surface area contributed by atoms with Gasteiger partial charge in [-0.15, -0.1) is 0 Å². The second kappa shape index (κ2) is 7.70. The summed E-state index contributed by atoms with van der Waals surface area (Å²) in [6.07, 6.45) is 2.13. The number of carbonyl (C=O) groups is 1. The Labute approximate surface area is 173 Å². The predicted molar refractivity (Wildman–Crippen MR) is 117 cm³/mol. The van der Waals surface area contributed by atoms with Gasteiger partial charge in [-0.25, -0.2) is 0 Å². The second-order valence-corrected chi connectivity index (χ2v) is 7.47. The van der Waals surface area contributed by atoms with Gasteiger partial charge in [-0.3, -0.25) is 14.4 Å². The second-order valence-electron chi connectivity index (χ2n) is 7.47. The van der Waals surface area contributed by atoms with Gasteiger partial charge in [-0.1, -0.05) is 6.07 Å². The first-order valence-electron chi connectivity index (χ1n) is 9.85. The average molecular weight is 408 g/mol. The van der Waals surface area contributed by atoms with E-state index in [0.717, 1.165) is 31.6 Å². The van der Waals surface area contributed by atoms with Gasteiger partial charge in [0.15, 0.2) is 0 Å². The minimum atomic E-state index is -0.607. The third kappa shape index (κ3) is 3.34. The number of nitrogens with zero attached hydrogens (tertiary/aromatic N) is 3. The highest BCUT2D eigenvalue weighted by atomic mass is 16.5. The van der Waals surface area contributed by atoms with E-state index in [1.54, 1.807) is 51.5 Å². The van der Waals surface area contributed by atoms with Crippen molar-refractivity contribution in [2.75, 3.05) is 30.4 Å². The number of ether oxygens (including phenoxy) is 1. The fraction of sp³-hybridized carbons (Fsp3) is 0.318. The fourth-order valence-electron chi connectivity index (χ4n) is 3.89. The van der Waals surface area contributed by atoms with Crippen molar-refractivity contribution in [3.63, 3.8) is 0 Å². The van der Waals surface area contributed by atoms with Crippen LogP contribution in [-0.4, -0.2) is 35.2 Å². The number of aryl methyl sites for hydroxylation is 2. The lowest BCUT2D eigenvalue weighted by Crippen LogP contribution is -2.39. The molecule has 0 unspecified atom stereocenters. The normalized spacial score (nSPS) is 13.6. The van der Waals surface area contributed by atoms with E-state index in [9.17, 15) is 14.4 Å². The monoisotopic (exact) mass is 408 g/mol. The molecule has 1 N–H and O–H groups in total. The Bertz CT molecular complexity index is 1250. The Kier molecular flexibility index (Phi) is 5.07. The average Bonchev–Trinajstić information content (AvgIpc) is 3.30. The lowest BCUT2D eigenvalue weighted by atomic mass is 10.1. The topological polar surface area (TPSA) is 85.6 Å². The number of fused-ring (bicyclic) bond motifs is 1. The quantitative estimate of drug-likeness (QED) is 0.669. The summed E-state index contributed by atoms with van der Waals surface area (Å²) in [4.78, 5) is 39.7. The van der Waals surface area contributed by atoms with Gasteiger partial charge in [0.1, 0.15) is 5.75 Å². The molecule has 1 amide bonds. The summed E-state index contributed by atoms with van der Waals surface area (Å²) in [5, 5.41) is 2.99. The van der Waals surface area contributed by atoms with Crippen LogP contribution in [0.3, 0.4) is 0 Å². The Hall–Kier alpha value is -3.55. The van der Waals surface area contributed by atoms with E-state index >= 15 is 0 Å². The van der Waals surface area contributed by atoms with Crippen LogP contribution in [-0.2, 0) is 14.1 Å². The molecule has 30 heavy (non-hydrogen) atoms. The number of anilines is 2. The summed E-state index contributed by atoms with van der Waals surface area (Å²) in [7, 11) is 4.71. The van der Waals surface area contributed by atoms with E-state index in [1.807, 2.05) is 6.07 Å². The number of rotatable bonds is 4. The van der Waals surface area contributed by atoms with E-state index in [2.05, 4.69) is 10.2 Å². The van der Waals surface area contributed by atoms with Crippen LogP contribution in [0.2, 0.25) is 0 Å². The highest BCUT2D eigenvalue weighted by molar-refractivity contribution is 6.07. The number of benzene rings is 2. The van der Waals surface area contributed by atoms with E-state index < -0.39 is 11.1 Å². The first-order valence-corrected chi connectivity index (χ1v) is 9.85. The van der Waals surface area contributed by atoms with Crippen molar-refractivity contribution in [2.24, 2.45) is 14.1 Å². The number of amides is 1. The molecular weight excluding hydrogens is 384 g/mol. The lowest BCUT2D eigenvalue weighted by molar-refractivity contribution is 0.102. The SMILES string of the molecule is COc1cccc(C(=O)Nc2cc3c(cc2N2CCCC2)n(C)c(=O)c(=O)n3C)c1. The largest absolute Gasteiger partial charge is 0.497 e. The van der Waals surface area contributed by atoms with Crippen molar-refractivity contribution in [1.82, 2.24) is 9.13 Å². The van der Waals surface area contributed by atoms with Gasteiger partial charge in [0.25, 0.3) is 5.91 Å². The summed E-state index contributed by atoms with van der Waals surface area (Å²) >= 11 is 0. The van der Waals surface area contributed by atoms with Crippen molar-refractivity contribution in [3.05, 3.63) is 62.7 Å². The Balaban J connectivity index is 1.86. The van der Waals surface area contributed by atoms with Gasteiger partial charge in [0, 0.05) is 32.7 Å². The molecule has 1 aliphatic heterocycles. The van der Waals surface area contributed by atoms with Crippen molar-refractivity contribution in [1.29, 1.82) is 0 Å². The molecule has 0 atom stereocenters. The van der Waals surface area contributed by atoms with Crippen LogP contribution in [0.5, 0.6) is 5.75 Å². The van der Waals surface area contributed by atoms with Crippen LogP contribution < -0.4 is 26.1 Å². The van der Waals surface area contributed by atoms with Crippen molar-refractivity contribution < 1.29 is 9.53 Å².